The minimum absolute atomic E-state index is 0.237. The second kappa shape index (κ2) is 6.28. The van der Waals surface area contributed by atoms with Crippen LogP contribution in [0.3, 0.4) is 0 Å². The molecule has 1 aliphatic heterocycles. The van der Waals surface area contributed by atoms with Crippen molar-refractivity contribution in [2.75, 3.05) is 25.1 Å². The van der Waals surface area contributed by atoms with Crippen LogP contribution in [0.25, 0.3) is 0 Å². The molecule has 0 spiro atoms. The SMILES string of the molecule is COC1CN(c2ncnc(Cl)c2OCc2ccccc2)C1. The fourth-order valence-corrected chi connectivity index (χ4v) is 2.37. The highest BCUT2D eigenvalue weighted by atomic mass is 35.5. The fourth-order valence-electron chi connectivity index (χ4n) is 2.18. The Hall–Kier alpha value is -1.85. The largest absolute Gasteiger partial charge is 0.482 e. The Bertz CT molecular complexity index is 603. The maximum atomic E-state index is 6.16. The zero-order chi connectivity index (χ0) is 14.7. The van der Waals surface area contributed by atoms with E-state index in [4.69, 9.17) is 21.1 Å². The lowest BCUT2D eigenvalue weighted by Crippen LogP contribution is -2.52. The minimum atomic E-state index is 0.237. The Morgan fingerprint density at radius 2 is 2.00 bits per heavy atom. The van der Waals surface area contributed by atoms with E-state index in [0.29, 0.717) is 17.5 Å². The standard InChI is InChI=1S/C15H16ClN3O2/c1-20-12-7-19(8-12)15-13(14(16)17-10-18-15)21-9-11-5-3-2-4-6-11/h2-6,10,12H,7-9H2,1H3. The molecule has 0 amide bonds. The van der Waals surface area contributed by atoms with Crippen molar-refractivity contribution in [2.45, 2.75) is 12.7 Å². The number of nitrogens with zero attached hydrogens (tertiary/aromatic N) is 3. The molecule has 21 heavy (non-hydrogen) atoms. The van der Waals surface area contributed by atoms with Crippen LogP contribution in [0.4, 0.5) is 5.82 Å². The molecule has 1 aromatic carbocycles. The number of benzene rings is 1. The first-order chi connectivity index (χ1) is 10.3. The van der Waals surface area contributed by atoms with E-state index in [-0.39, 0.29) is 6.10 Å². The maximum absolute atomic E-state index is 6.16. The minimum Gasteiger partial charge on any atom is -0.482 e. The van der Waals surface area contributed by atoms with Crippen LogP contribution in [-0.4, -0.2) is 36.3 Å². The molecule has 1 fully saturated rings. The first-order valence-corrected chi connectivity index (χ1v) is 7.10. The van der Waals surface area contributed by atoms with Gasteiger partial charge in [-0.25, -0.2) is 9.97 Å². The molecule has 6 heteroatoms. The molecule has 5 nitrogen and oxygen atoms in total. The summed E-state index contributed by atoms with van der Waals surface area (Å²) in [5, 5.41) is 0.330. The van der Waals surface area contributed by atoms with E-state index in [1.54, 1.807) is 7.11 Å². The summed E-state index contributed by atoms with van der Waals surface area (Å²) in [5.74, 6) is 1.25. The smallest absolute Gasteiger partial charge is 0.199 e. The van der Waals surface area contributed by atoms with Gasteiger partial charge in [-0.3, -0.25) is 0 Å². The topological polar surface area (TPSA) is 47.5 Å². The molecular weight excluding hydrogens is 290 g/mol. The van der Waals surface area contributed by atoms with Gasteiger partial charge >= 0.3 is 0 Å². The third kappa shape index (κ3) is 3.09. The predicted molar refractivity (Wildman–Crippen MR) is 80.8 cm³/mol. The summed E-state index contributed by atoms with van der Waals surface area (Å²) in [4.78, 5) is 10.4. The first kappa shape index (κ1) is 14.1. The summed E-state index contributed by atoms with van der Waals surface area (Å²) in [6, 6.07) is 9.92. The molecule has 1 aliphatic rings. The second-order valence-electron chi connectivity index (χ2n) is 4.85. The monoisotopic (exact) mass is 305 g/mol. The van der Waals surface area contributed by atoms with Crippen molar-refractivity contribution < 1.29 is 9.47 Å². The van der Waals surface area contributed by atoms with E-state index in [1.807, 2.05) is 30.3 Å². The highest BCUT2D eigenvalue weighted by Gasteiger charge is 2.30. The predicted octanol–water partition coefficient (Wildman–Crippen LogP) is 2.54. The summed E-state index contributed by atoms with van der Waals surface area (Å²) in [6.45, 7) is 2.00. The Kier molecular flexibility index (Phi) is 4.22. The molecule has 0 aliphatic carbocycles. The van der Waals surface area contributed by atoms with Gasteiger partial charge in [0.2, 0.25) is 0 Å². The van der Waals surface area contributed by atoms with Crippen LogP contribution in [-0.2, 0) is 11.3 Å². The number of rotatable bonds is 5. The number of methoxy groups -OCH3 is 1. The van der Waals surface area contributed by atoms with Crippen LogP contribution in [0.5, 0.6) is 5.75 Å². The molecule has 0 atom stereocenters. The summed E-state index contributed by atoms with van der Waals surface area (Å²) < 4.78 is 11.1. The van der Waals surface area contributed by atoms with Gasteiger partial charge in [-0.05, 0) is 5.56 Å². The first-order valence-electron chi connectivity index (χ1n) is 6.73. The lowest BCUT2D eigenvalue weighted by Gasteiger charge is -2.39. The van der Waals surface area contributed by atoms with Crippen LogP contribution in [0.2, 0.25) is 5.15 Å². The Morgan fingerprint density at radius 3 is 2.71 bits per heavy atom. The Labute approximate surface area is 128 Å². The quantitative estimate of drug-likeness (QED) is 0.795. The van der Waals surface area contributed by atoms with Crippen molar-refractivity contribution in [3.63, 3.8) is 0 Å². The Morgan fingerprint density at radius 1 is 1.24 bits per heavy atom. The molecule has 2 aromatic rings. The van der Waals surface area contributed by atoms with Gasteiger partial charge < -0.3 is 14.4 Å². The van der Waals surface area contributed by atoms with Crippen molar-refractivity contribution >= 4 is 17.4 Å². The van der Waals surface area contributed by atoms with Gasteiger partial charge in [0.1, 0.15) is 12.9 Å². The Balaban J connectivity index is 1.75. The number of ether oxygens (including phenoxy) is 2. The van der Waals surface area contributed by atoms with Crippen molar-refractivity contribution in [2.24, 2.45) is 0 Å². The highest BCUT2D eigenvalue weighted by molar-refractivity contribution is 6.31. The van der Waals surface area contributed by atoms with Crippen molar-refractivity contribution in [3.05, 3.63) is 47.4 Å². The second-order valence-corrected chi connectivity index (χ2v) is 5.21. The lowest BCUT2D eigenvalue weighted by molar-refractivity contribution is 0.0778. The van der Waals surface area contributed by atoms with Crippen LogP contribution < -0.4 is 9.64 Å². The van der Waals surface area contributed by atoms with Crippen LogP contribution >= 0.6 is 11.6 Å². The summed E-state index contributed by atoms with van der Waals surface area (Å²) in [5.41, 5.74) is 1.07. The molecular formula is C15H16ClN3O2. The highest BCUT2D eigenvalue weighted by Crippen LogP contribution is 2.35. The van der Waals surface area contributed by atoms with Gasteiger partial charge in [-0.15, -0.1) is 0 Å². The molecule has 0 bridgehead atoms. The van der Waals surface area contributed by atoms with Crippen LogP contribution in [0.15, 0.2) is 36.7 Å². The molecule has 1 saturated heterocycles. The van der Waals surface area contributed by atoms with Gasteiger partial charge in [-0.1, -0.05) is 41.9 Å². The van der Waals surface area contributed by atoms with Gasteiger partial charge in [0, 0.05) is 20.2 Å². The molecule has 1 aromatic heterocycles. The van der Waals surface area contributed by atoms with Gasteiger partial charge in [0.15, 0.2) is 16.7 Å². The molecule has 0 N–H and O–H groups in total. The summed E-state index contributed by atoms with van der Waals surface area (Å²) >= 11 is 6.16. The van der Waals surface area contributed by atoms with E-state index in [2.05, 4.69) is 14.9 Å². The van der Waals surface area contributed by atoms with Crippen molar-refractivity contribution in [1.29, 1.82) is 0 Å². The average Bonchev–Trinajstić information content (AvgIpc) is 2.46. The zero-order valence-electron chi connectivity index (χ0n) is 11.7. The number of halogens is 1. The molecule has 110 valence electrons. The normalized spacial score (nSPS) is 14.9. The average molecular weight is 306 g/mol. The molecule has 0 saturated carbocycles. The molecule has 2 heterocycles. The molecule has 0 unspecified atom stereocenters. The fraction of sp³-hybridized carbons (Fsp3) is 0.333. The van der Waals surface area contributed by atoms with E-state index < -0.39 is 0 Å². The number of aromatic nitrogens is 2. The van der Waals surface area contributed by atoms with Crippen molar-refractivity contribution in [1.82, 2.24) is 9.97 Å². The number of hydrogen-bond donors (Lipinski definition) is 0. The van der Waals surface area contributed by atoms with Crippen LogP contribution in [0, 0.1) is 0 Å². The summed E-state index contributed by atoms with van der Waals surface area (Å²) in [6.07, 6.45) is 1.69. The maximum Gasteiger partial charge on any atom is 0.199 e. The lowest BCUT2D eigenvalue weighted by atomic mass is 10.1. The third-order valence-electron chi connectivity index (χ3n) is 3.45. The van der Waals surface area contributed by atoms with Crippen LogP contribution in [0.1, 0.15) is 5.56 Å². The van der Waals surface area contributed by atoms with E-state index >= 15 is 0 Å². The number of hydrogen-bond acceptors (Lipinski definition) is 5. The third-order valence-corrected chi connectivity index (χ3v) is 3.72. The van der Waals surface area contributed by atoms with Crippen molar-refractivity contribution in [3.8, 4) is 5.75 Å². The van der Waals surface area contributed by atoms with E-state index in [1.165, 1.54) is 6.33 Å². The zero-order valence-corrected chi connectivity index (χ0v) is 12.5. The summed E-state index contributed by atoms with van der Waals surface area (Å²) in [7, 11) is 1.71. The van der Waals surface area contributed by atoms with Gasteiger partial charge in [0.05, 0.1) is 6.10 Å². The van der Waals surface area contributed by atoms with E-state index in [9.17, 15) is 0 Å². The van der Waals surface area contributed by atoms with E-state index in [0.717, 1.165) is 24.5 Å². The van der Waals surface area contributed by atoms with Gasteiger partial charge in [-0.2, -0.15) is 0 Å². The van der Waals surface area contributed by atoms with Gasteiger partial charge in [0.25, 0.3) is 0 Å². The molecule has 3 rings (SSSR count). The molecule has 0 radical (unpaired) electrons. The number of anilines is 1.